The van der Waals surface area contributed by atoms with E-state index in [0.29, 0.717) is 0 Å². The number of alkyl halides is 3. The average Bonchev–Trinajstić information content (AvgIpc) is 2.27. The van der Waals surface area contributed by atoms with E-state index in [4.69, 9.17) is 0 Å². The second kappa shape index (κ2) is 5.50. The van der Waals surface area contributed by atoms with Gasteiger partial charge in [0.15, 0.2) is 0 Å². The van der Waals surface area contributed by atoms with Crippen molar-refractivity contribution in [2.45, 2.75) is 37.9 Å². The molecule has 0 amide bonds. The third-order valence-electron chi connectivity index (χ3n) is 2.83. The quantitative estimate of drug-likeness (QED) is 0.928. The van der Waals surface area contributed by atoms with Crippen molar-refractivity contribution in [1.82, 2.24) is 4.72 Å². The average molecular weight is 295 g/mol. The van der Waals surface area contributed by atoms with Crippen LogP contribution in [0.15, 0.2) is 29.2 Å². The van der Waals surface area contributed by atoms with Crippen LogP contribution in [0, 0.1) is 5.92 Å². The van der Waals surface area contributed by atoms with Crippen molar-refractivity contribution >= 4 is 10.0 Å². The van der Waals surface area contributed by atoms with E-state index in [1.807, 2.05) is 13.8 Å². The fourth-order valence-corrected chi connectivity index (χ4v) is 2.66. The Bertz CT molecular complexity index is 521. The molecule has 19 heavy (non-hydrogen) atoms. The highest BCUT2D eigenvalue weighted by atomic mass is 32.2. The Labute approximate surface area is 110 Å². The zero-order chi connectivity index (χ0) is 14.8. The molecule has 0 aliphatic carbocycles. The van der Waals surface area contributed by atoms with E-state index >= 15 is 0 Å². The lowest BCUT2D eigenvalue weighted by Crippen LogP contribution is -2.36. The molecule has 1 aromatic carbocycles. The van der Waals surface area contributed by atoms with E-state index in [1.54, 1.807) is 6.92 Å². The first kappa shape index (κ1) is 16.0. The molecule has 0 aliphatic heterocycles. The highest BCUT2D eigenvalue weighted by Gasteiger charge is 2.30. The molecule has 0 unspecified atom stereocenters. The van der Waals surface area contributed by atoms with E-state index in [9.17, 15) is 21.6 Å². The first-order valence-electron chi connectivity index (χ1n) is 5.73. The minimum atomic E-state index is -4.47. The van der Waals surface area contributed by atoms with Gasteiger partial charge in [-0.15, -0.1) is 0 Å². The first-order chi connectivity index (χ1) is 8.54. The Balaban J connectivity index is 2.98. The predicted molar refractivity (Wildman–Crippen MR) is 66.1 cm³/mol. The smallest absolute Gasteiger partial charge is 0.208 e. The zero-order valence-electron chi connectivity index (χ0n) is 10.8. The van der Waals surface area contributed by atoms with Gasteiger partial charge in [-0.25, -0.2) is 13.1 Å². The Morgan fingerprint density at radius 3 is 1.89 bits per heavy atom. The van der Waals surface area contributed by atoms with Crippen LogP contribution in [0.1, 0.15) is 26.3 Å². The summed E-state index contributed by atoms with van der Waals surface area (Å²) in [5, 5.41) is 0. The molecule has 3 nitrogen and oxygen atoms in total. The third-order valence-corrected chi connectivity index (χ3v) is 4.41. The largest absolute Gasteiger partial charge is 0.416 e. The molecule has 1 rings (SSSR count). The topological polar surface area (TPSA) is 46.2 Å². The minimum Gasteiger partial charge on any atom is -0.208 e. The summed E-state index contributed by atoms with van der Waals surface area (Å²) in [6.07, 6.45) is -4.47. The molecule has 1 N–H and O–H groups in total. The van der Waals surface area contributed by atoms with Gasteiger partial charge in [0.2, 0.25) is 10.0 Å². The lowest BCUT2D eigenvalue weighted by atomic mass is 10.1. The van der Waals surface area contributed by atoms with E-state index in [1.165, 1.54) is 0 Å². The molecule has 0 fully saturated rings. The van der Waals surface area contributed by atoms with Crippen LogP contribution in [-0.2, 0) is 16.2 Å². The van der Waals surface area contributed by atoms with Crippen LogP contribution in [-0.4, -0.2) is 14.5 Å². The first-order valence-corrected chi connectivity index (χ1v) is 7.22. The van der Waals surface area contributed by atoms with Crippen LogP contribution in [0.25, 0.3) is 0 Å². The van der Waals surface area contributed by atoms with Gasteiger partial charge in [-0.3, -0.25) is 0 Å². The highest BCUT2D eigenvalue weighted by Crippen LogP contribution is 2.29. The summed E-state index contributed by atoms with van der Waals surface area (Å²) < 4.78 is 63.4. The van der Waals surface area contributed by atoms with E-state index in [0.717, 1.165) is 24.3 Å². The Kier molecular flexibility index (Phi) is 4.63. The molecule has 1 aromatic rings. The summed E-state index contributed by atoms with van der Waals surface area (Å²) in [5.41, 5.74) is -0.872. The van der Waals surface area contributed by atoms with Crippen molar-refractivity contribution in [1.29, 1.82) is 0 Å². The van der Waals surface area contributed by atoms with Gasteiger partial charge >= 0.3 is 6.18 Å². The van der Waals surface area contributed by atoms with Crippen LogP contribution in [0.5, 0.6) is 0 Å². The van der Waals surface area contributed by atoms with Crippen LogP contribution in [0.2, 0.25) is 0 Å². The number of nitrogens with one attached hydrogen (secondary N) is 1. The van der Waals surface area contributed by atoms with Crippen molar-refractivity contribution in [2.24, 2.45) is 5.92 Å². The zero-order valence-corrected chi connectivity index (χ0v) is 11.6. The monoisotopic (exact) mass is 295 g/mol. The summed E-state index contributed by atoms with van der Waals surface area (Å²) >= 11 is 0. The van der Waals surface area contributed by atoms with Crippen LogP contribution >= 0.6 is 0 Å². The van der Waals surface area contributed by atoms with Gasteiger partial charge in [-0.1, -0.05) is 13.8 Å². The van der Waals surface area contributed by atoms with Crippen molar-refractivity contribution in [2.75, 3.05) is 0 Å². The Morgan fingerprint density at radius 1 is 1.05 bits per heavy atom. The predicted octanol–water partition coefficient (Wildman–Crippen LogP) is 3.03. The lowest BCUT2D eigenvalue weighted by molar-refractivity contribution is -0.137. The molecular weight excluding hydrogens is 279 g/mol. The second-order valence-electron chi connectivity index (χ2n) is 4.68. The van der Waals surface area contributed by atoms with Crippen LogP contribution in [0.4, 0.5) is 13.2 Å². The molecule has 0 saturated heterocycles. The molecule has 0 spiro atoms. The van der Waals surface area contributed by atoms with Crippen molar-refractivity contribution in [3.05, 3.63) is 29.8 Å². The van der Waals surface area contributed by atoms with E-state index < -0.39 is 21.8 Å². The maximum atomic E-state index is 12.4. The SMILES string of the molecule is CC(C)[C@@H](C)NS(=O)(=O)c1ccc(C(F)(F)F)cc1. The van der Waals surface area contributed by atoms with Gasteiger partial charge in [0, 0.05) is 6.04 Å². The van der Waals surface area contributed by atoms with Crippen molar-refractivity contribution < 1.29 is 21.6 Å². The maximum Gasteiger partial charge on any atom is 0.416 e. The van der Waals surface area contributed by atoms with Gasteiger partial charge in [0.1, 0.15) is 0 Å². The minimum absolute atomic E-state index is 0.0872. The molecule has 1 atom stereocenters. The molecular formula is C12H16F3NO2S. The number of hydrogen-bond acceptors (Lipinski definition) is 2. The number of benzene rings is 1. The van der Waals surface area contributed by atoms with Gasteiger partial charge in [-0.05, 0) is 37.1 Å². The van der Waals surface area contributed by atoms with E-state index in [-0.39, 0.29) is 16.9 Å². The fourth-order valence-electron chi connectivity index (χ4n) is 1.27. The molecule has 0 heterocycles. The van der Waals surface area contributed by atoms with Gasteiger partial charge in [0.25, 0.3) is 0 Å². The lowest BCUT2D eigenvalue weighted by Gasteiger charge is -2.17. The molecule has 108 valence electrons. The number of rotatable bonds is 4. The highest BCUT2D eigenvalue weighted by molar-refractivity contribution is 7.89. The van der Waals surface area contributed by atoms with Gasteiger partial charge < -0.3 is 0 Å². The van der Waals surface area contributed by atoms with Gasteiger partial charge in [0.05, 0.1) is 10.5 Å². The summed E-state index contributed by atoms with van der Waals surface area (Å²) in [6, 6.07) is 3.13. The third kappa shape index (κ3) is 4.21. The molecule has 0 bridgehead atoms. The molecule has 0 aromatic heterocycles. The molecule has 0 radical (unpaired) electrons. The maximum absolute atomic E-state index is 12.4. The van der Waals surface area contributed by atoms with Gasteiger partial charge in [-0.2, -0.15) is 13.2 Å². The Morgan fingerprint density at radius 2 is 1.53 bits per heavy atom. The number of hydrogen-bond donors (Lipinski definition) is 1. The second-order valence-corrected chi connectivity index (χ2v) is 6.39. The summed E-state index contributed by atoms with van der Waals surface area (Å²) in [7, 11) is -3.78. The van der Waals surface area contributed by atoms with Crippen molar-refractivity contribution in [3.8, 4) is 0 Å². The Hall–Kier alpha value is -1.08. The fraction of sp³-hybridized carbons (Fsp3) is 0.500. The van der Waals surface area contributed by atoms with Crippen LogP contribution < -0.4 is 4.72 Å². The van der Waals surface area contributed by atoms with E-state index in [2.05, 4.69) is 4.72 Å². The molecule has 0 aliphatic rings. The normalized spacial score (nSPS) is 14.7. The number of halogens is 3. The summed E-state index contributed by atoms with van der Waals surface area (Å²) in [5.74, 6) is 0.0872. The van der Waals surface area contributed by atoms with Crippen molar-refractivity contribution in [3.63, 3.8) is 0 Å². The summed E-state index contributed by atoms with van der Waals surface area (Å²) in [6.45, 7) is 5.40. The molecule has 0 saturated carbocycles. The standard InChI is InChI=1S/C12H16F3NO2S/c1-8(2)9(3)16-19(17,18)11-6-4-10(5-7-11)12(13,14)15/h4-9,16H,1-3H3/t9-/m1/s1. The summed E-state index contributed by atoms with van der Waals surface area (Å²) in [4.78, 5) is -0.173. The van der Waals surface area contributed by atoms with Crippen LogP contribution in [0.3, 0.4) is 0 Å². The number of sulfonamides is 1. The molecule has 7 heteroatoms.